The molecule has 1 aliphatic rings. The molecule has 25 heavy (non-hydrogen) atoms. The number of fused-ring (bicyclic) bond motifs is 1. The van der Waals surface area contributed by atoms with Gasteiger partial charge >= 0.3 is 13.1 Å². The van der Waals surface area contributed by atoms with E-state index in [0.717, 1.165) is 5.56 Å². The number of benzene rings is 2. The number of ether oxygens (including phenoxy) is 1. The summed E-state index contributed by atoms with van der Waals surface area (Å²) >= 11 is 0. The highest BCUT2D eigenvalue weighted by molar-refractivity contribution is 6.47. The molecular weight excluding hydrogens is 321 g/mol. The van der Waals surface area contributed by atoms with Crippen molar-refractivity contribution in [1.29, 1.82) is 0 Å². The Labute approximate surface area is 145 Å². The molecule has 1 amide bonds. The smallest absolute Gasteiger partial charge is 0.534 e. The topological polar surface area (TPSA) is 84.9 Å². The minimum Gasteiger partial charge on any atom is -0.534 e. The number of carbonyl (C=O) groups is 2. The van der Waals surface area contributed by atoms with Gasteiger partial charge in [0.15, 0.2) is 0 Å². The molecule has 0 aromatic heterocycles. The Hall–Kier alpha value is -2.80. The van der Waals surface area contributed by atoms with E-state index in [9.17, 15) is 14.6 Å². The van der Waals surface area contributed by atoms with Crippen LogP contribution in [0.1, 0.15) is 33.2 Å². The molecule has 0 spiro atoms. The Morgan fingerprint density at radius 2 is 2.00 bits per heavy atom. The Morgan fingerprint density at radius 1 is 1.24 bits per heavy atom. The van der Waals surface area contributed by atoms with E-state index in [2.05, 4.69) is 5.32 Å². The van der Waals surface area contributed by atoms with Crippen molar-refractivity contribution < 1.29 is 24.0 Å². The van der Waals surface area contributed by atoms with Gasteiger partial charge in [0.1, 0.15) is 11.3 Å². The standard InChI is InChI=1S/C18H18BNO5/c1-2-24-18(22)14-10-6-9-13-11-15(19(23)25-16(13)14)20-17(21)12-7-4-3-5-8-12/h3-10,15,23H,2,11H2,1H3,(H,20,21)/t15-/m0/s1. The minimum atomic E-state index is -1.25. The van der Waals surface area contributed by atoms with Gasteiger partial charge in [0.2, 0.25) is 0 Å². The summed E-state index contributed by atoms with van der Waals surface area (Å²) in [6.45, 7) is 1.97. The largest absolute Gasteiger partial charge is 0.547 e. The summed E-state index contributed by atoms with van der Waals surface area (Å²) in [4.78, 5) is 24.3. The lowest BCUT2D eigenvalue weighted by Crippen LogP contribution is -2.53. The summed E-state index contributed by atoms with van der Waals surface area (Å²) in [7, 11) is -1.25. The van der Waals surface area contributed by atoms with E-state index in [0.29, 0.717) is 17.7 Å². The van der Waals surface area contributed by atoms with E-state index in [4.69, 9.17) is 9.39 Å². The molecular formula is C18H18BNO5. The molecule has 3 rings (SSSR count). The second-order valence-corrected chi connectivity index (χ2v) is 5.67. The van der Waals surface area contributed by atoms with Gasteiger partial charge in [-0.1, -0.05) is 30.3 Å². The fraction of sp³-hybridized carbons (Fsp3) is 0.222. The maximum absolute atomic E-state index is 12.3. The monoisotopic (exact) mass is 339 g/mol. The van der Waals surface area contributed by atoms with Crippen LogP contribution in [-0.2, 0) is 11.2 Å². The lowest BCUT2D eigenvalue weighted by Gasteiger charge is -2.29. The molecule has 0 bridgehead atoms. The van der Waals surface area contributed by atoms with E-state index >= 15 is 0 Å². The molecule has 0 saturated carbocycles. The van der Waals surface area contributed by atoms with E-state index in [1.807, 2.05) is 6.07 Å². The summed E-state index contributed by atoms with van der Waals surface area (Å²) in [6, 6.07) is 13.9. The van der Waals surface area contributed by atoms with Crippen LogP contribution in [0.5, 0.6) is 5.75 Å². The van der Waals surface area contributed by atoms with Gasteiger partial charge in [-0.3, -0.25) is 4.79 Å². The van der Waals surface area contributed by atoms with Crippen LogP contribution in [0, 0.1) is 0 Å². The second kappa shape index (κ2) is 7.40. The summed E-state index contributed by atoms with van der Waals surface area (Å²) in [5.41, 5.74) is 1.50. The van der Waals surface area contributed by atoms with Gasteiger partial charge in [-0.05, 0) is 37.1 Å². The van der Waals surface area contributed by atoms with Gasteiger partial charge in [-0.2, -0.15) is 0 Å². The number of amides is 1. The molecule has 2 aromatic carbocycles. The number of para-hydroxylation sites is 1. The quantitative estimate of drug-likeness (QED) is 0.653. The summed E-state index contributed by atoms with van der Waals surface area (Å²) in [5.74, 6) is -1.10. The molecule has 6 nitrogen and oxygen atoms in total. The fourth-order valence-corrected chi connectivity index (χ4v) is 2.76. The van der Waals surface area contributed by atoms with Crippen molar-refractivity contribution in [3.63, 3.8) is 0 Å². The van der Waals surface area contributed by atoms with Gasteiger partial charge in [0.05, 0.1) is 12.5 Å². The van der Waals surface area contributed by atoms with Crippen LogP contribution in [0.2, 0.25) is 0 Å². The molecule has 0 fully saturated rings. The highest BCUT2D eigenvalue weighted by atomic mass is 16.5. The third-order valence-electron chi connectivity index (χ3n) is 3.97. The third-order valence-corrected chi connectivity index (χ3v) is 3.97. The molecule has 1 heterocycles. The first-order valence-corrected chi connectivity index (χ1v) is 8.09. The number of carbonyl (C=O) groups excluding carboxylic acids is 2. The first-order valence-electron chi connectivity index (χ1n) is 8.09. The SMILES string of the molecule is CCOC(=O)c1cccc2c1OB(O)[C@@H](NC(=O)c1ccccc1)C2. The Morgan fingerprint density at radius 3 is 2.72 bits per heavy atom. The van der Waals surface area contributed by atoms with Crippen LogP contribution >= 0.6 is 0 Å². The normalized spacial score (nSPS) is 15.8. The van der Waals surface area contributed by atoms with Crippen molar-refractivity contribution in [3.8, 4) is 5.75 Å². The van der Waals surface area contributed by atoms with E-state index < -0.39 is 19.0 Å². The highest BCUT2D eigenvalue weighted by Crippen LogP contribution is 2.30. The molecule has 0 saturated heterocycles. The van der Waals surface area contributed by atoms with Crippen molar-refractivity contribution >= 4 is 19.0 Å². The van der Waals surface area contributed by atoms with Crippen LogP contribution in [0.4, 0.5) is 0 Å². The van der Waals surface area contributed by atoms with Crippen molar-refractivity contribution in [2.75, 3.05) is 6.61 Å². The lowest BCUT2D eigenvalue weighted by atomic mass is 9.72. The lowest BCUT2D eigenvalue weighted by molar-refractivity contribution is 0.0523. The Kier molecular flexibility index (Phi) is 5.04. The summed E-state index contributed by atoms with van der Waals surface area (Å²) in [6.07, 6.45) is 0.350. The van der Waals surface area contributed by atoms with Crippen LogP contribution < -0.4 is 9.97 Å². The maximum atomic E-state index is 12.3. The molecule has 2 aromatic rings. The highest BCUT2D eigenvalue weighted by Gasteiger charge is 2.38. The summed E-state index contributed by atoms with van der Waals surface area (Å²) < 4.78 is 10.5. The first kappa shape index (κ1) is 17.0. The van der Waals surface area contributed by atoms with Gasteiger partial charge in [0.25, 0.3) is 5.91 Å². The van der Waals surface area contributed by atoms with Crippen LogP contribution in [-0.4, -0.2) is 36.6 Å². The predicted molar refractivity (Wildman–Crippen MR) is 92.4 cm³/mol. The fourth-order valence-electron chi connectivity index (χ4n) is 2.76. The Bertz CT molecular complexity index is 780. The molecule has 0 radical (unpaired) electrons. The first-order chi connectivity index (χ1) is 12.1. The molecule has 2 N–H and O–H groups in total. The van der Waals surface area contributed by atoms with Crippen LogP contribution in [0.25, 0.3) is 0 Å². The van der Waals surface area contributed by atoms with Crippen molar-refractivity contribution in [2.45, 2.75) is 19.3 Å². The number of nitrogens with one attached hydrogen (secondary N) is 1. The number of hydrogen-bond acceptors (Lipinski definition) is 5. The molecule has 0 aliphatic carbocycles. The number of hydrogen-bond donors (Lipinski definition) is 2. The van der Waals surface area contributed by atoms with Gasteiger partial charge in [-0.15, -0.1) is 0 Å². The van der Waals surface area contributed by atoms with Gasteiger partial charge in [-0.25, -0.2) is 4.79 Å². The van der Waals surface area contributed by atoms with E-state index in [1.54, 1.807) is 49.4 Å². The summed E-state index contributed by atoms with van der Waals surface area (Å²) in [5, 5.41) is 13.0. The van der Waals surface area contributed by atoms with E-state index in [-0.39, 0.29) is 18.1 Å². The third kappa shape index (κ3) is 3.66. The molecule has 0 unspecified atom stereocenters. The Balaban J connectivity index is 1.79. The zero-order valence-electron chi connectivity index (χ0n) is 13.8. The van der Waals surface area contributed by atoms with Crippen molar-refractivity contribution in [1.82, 2.24) is 5.32 Å². The molecule has 7 heteroatoms. The average molecular weight is 339 g/mol. The number of esters is 1. The number of rotatable bonds is 4. The predicted octanol–water partition coefficient (Wildman–Crippen LogP) is 1.62. The molecule has 128 valence electrons. The second-order valence-electron chi connectivity index (χ2n) is 5.67. The van der Waals surface area contributed by atoms with Crippen molar-refractivity contribution in [3.05, 3.63) is 65.2 Å². The van der Waals surface area contributed by atoms with E-state index in [1.165, 1.54) is 0 Å². The zero-order chi connectivity index (χ0) is 17.8. The van der Waals surface area contributed by atoms with Gasteiger partial charge in [0, 0.05) is 5.56 Å². The van der Waals surface area contributed by atoms with Crippen molar-refractivity contribution in [2.24, 2.45) is 0 Å². The molecule has 1 aliphatic heterocycles. The molecule has 1 atom stereocenters. The van der Waals surface area contributed by atoms with Crippen LogP contribution in [0.3, 0.4) is 0 Å². The maximum Gasteiger partial charge on any atom is 0.547 e. The minimum absolute atomic E-state index is 0.251. The van der Waals surface area contributed by atoms with Crippen LogP contribution in [0.15, 0.2) is 48.5 Å². The zero-order valence-corrected chi connectivity index (χ0v) is 13.8. The van der Waals surface area contributed by atoms with Gasteiger partial charge < -0.3 is 19.7 Å². The average Bonchev–Trinajstić information content (AvgIpc) is 2.62.